The first-order chi connectivity index (χ1) is 17.5. The molecule has 5 nitrogen and oxygen atoms in total. The highest BCUT2D eigenvalue weighted by atomic mass is 19.4. The Labute approximate surface area is 217 Å². The highest BCUT2D eigenvalue weighted by molar-refractivity contribution is 5.67. The summed E-state index contributed by atoms with van der Waals surface area (Å²) in [7, 11) is 0. The maximum Gasteiger partial charge on any atom is 0.426 e. The Morgan fingerprint density at radius 3 is 2.08 bits per heavy atom. The second-order valence-electron chi connectivity index (χ2n) is 10.8. The molecule has 0 aromatic carbocycles. The van der Waals surface area contributed by atoms with Crippen molar-refractivity contribution in [3.63, 3.8) is 0 Å². The third kappa shape index (κ3) is 6.46. The average molecular weight is 553 g/mol. The van der Waals surface area contributed by atoms with Crippen molar-refractivity contribution in [3.05, 3.63) is 34.9 Å². The number of hydrogen-bond donors (Lipinski definition) is 1. The lowest BCUT2D eigenvalue weighted by molar-refractivity contribution is -0.369. The summed E-state index contributed by atoms with van der Waals surface area (Å²) in [5.41, 5.74) is -2.90. The first-order valence-electron chi connectivity index (χ1n) is 12.7. The predicted molar refractivity (Wildman–Crippen MR) is 126 cm³/mol. The van der Waals surface area contributed by atoms with Crippen LogP contribution >= 0.6 is 0 Å². The lowest BCUT2D eigenvalue weighted by Gasteiger charge is -2.42. The Kier molecular flexibility index (Phi) is 8.80. The Hall–Kier alpha value is -2.30. The molecule has 11 heteroatoms. The molecule has 2 unspecified atom stereocenters. The standard InChI is InChI=1S/C27H34F6O5/c1-16(34)37-21-13-18(14-22(15-21)38-17(2)35)6-7-19-5-4-11-24(3)20(8-9-23(19)24)10-12-25(36,26(28,29)30)27(31,32)33/h6-8,21-23,36H,4-5,9-15H2,1-3H3/b18-6-,19-7+/t21?,22-,23?,24-/m1/s1. The van der Waals surface area contributed by atoms with E-state index < -0.39 is 60.4 Å². The summed E-state index contributed by atoms with van der Waals surface area (Å²) in [5.74, 6) is -0.955. The highest BCUT2D eigenvalue weighted by Gasteiger charge is 2.70. The number of carbonyl (C=O) groups is 2. The molecule has 3 rings (SSSR count). The molecule has 0 spiro atoms. The van der Waals surface area contributed by atoms with Gasteiger partial charge >= 0.3 is 24.3 Å². The van der Waals surface area contributed by atoms with Crippen LogP contribution in [0.4, 0.5) is 26.3 Å². The Morgan fingerprint density at radius 2 is 1.58 bits per heavy atom. The first-order valence-corrected chi connectivity index (χ1v) is 12.7. The quantitative estimate of drug-likeness (QED) is 0.227. The Bertz CT molecular complexity index is 968. The zero-order valence-electron chi connectivity index (χ0n) is 21.7. The zero-order chi connectivity index (χ0) is 28.5. The van der Waals surface area contributed by atoms with Crippen LogP contribution < -0.4 is 0 Å². The van der Waals surface area contributed by atoms with Crippen LogP contribution in [0.3, 0.4) is 0 Å². The van der Waals surface area contributed by atoms with E-state index in [0.717, 1.165) is 17.6 Å². The van der Waals surface area contributed by atoms with E-state index >= 15 is 0 Å². The Balaban J connectivity index is 1.77. The molecule has 0 aromatic heterocycles. The van der Waals surface area contributed by atoms with Crippen molar-refractivity contribution in [2.75, 3.05) is 0 Å². The van der Waals surface area contributed by atoms with Crippen LogP contribution in [0.25, 0.3) is 0 Å². The fourth-order valence-corrected chi connectivity index (χ4v) is 6.19. The fraction of sp³-hybridized carbons (Fsp3) is 0.704. The smallest absolute Gasteiger partial charge is 0.426 e. The number of aliphatic hydroxyl groups is 1. The van der Waals surface area contributed by atoms with Gasteiger partial charge < -0.3 is 14.6 Å². The van der Waals surface area contributed by atoms with Crippen LogP contribution in [0.5, 0.6) is 0 Å². The van der Waals surface area contributed by atoms with Crippen molar-refractivity contribution >= 4 is 11.9 Å². The number of carbonyl (C=O) groups excluding carboxylic acids is 2. The van der Waals surface area contributed by atoms with Crippen LogP contribution in [0.15, 0.2) is 34.9 Å². The molecule has 0 aliphatic heterocycles. The van der Waals surface area contributed by atoms with E-state index in [0.29, 0.717) is 44.1 Å². The van der Waals surface area contributed by atoms with Crippen molar-refractivity contribution in [1.29, 1.82) is 0 Å². The van der Waals surface area contributed by atoms with Crippen molar-refractivity contribution in [2.45, 2.75) is 109 Å². The van der Waals surface area contributed by atoms with Gasteiger partial charge in [-0.3, -0.25) is 9.59 Å². The van der Waals surface area contributed by atoms with Gasteiger partial charge in [0.2, 0.25) is 0 Å². The van der Waals surface area contributed by atoms with Gasteiger partial charge in [-0.15, -0.1) is 0 Å². The van der Waals surface area contributed by atoms with E-state index in [2.05, 4.69) is 0 Å². The van der Waals surface area contributed by atoms with Gasteiger partial charge in [0.25, 0.3) is 5.60 Å². The van der Waals surface area contributed by atoms with Crippen LogP contribution in [-0.2, 0) is 19.1 Å². The molecule has 0 amide bonds. The molecule has 0 aromatic rings. The largest absolute Gasteiger partial charge is 0.462 e. The normalized spacial score (nSPS) is 30.7. The number of halogens is 6. The molecule has 3 aliphatic rings. The van der Waals surface area contributed by atoms with Gasteiger partial charge in [0, 0.05) is 33.1 Å². The monoisotopic (exact) mass is 552 g/mol. The van der Waals surface area contributed by atoms with E-state index in [1.807, 2.05) is 19.1 Å². The maximum absolute atomic E-state index is 13.2. The summed E-state index contributed by atoms with van der Waals surface area (Å²) in [6, 6.07) is 0. The third-order valence-corrected chi connectivity index (χ3v) is 8.11. The SMILES string of the molecule is CC(=O)OC1C/C(=C/C=C2\CCC[C@]3(C)C(CCC(O)(C(F)(F)F)C(F)(F)F)=CCC23)C[C@@H](OC(C)=O)C1. The minimum absolute atomic E-state index is 0.0786. The number of hydrogen-bond acceptors (Lipinski definition) is 5. The summed E-state index contributed by atoms with van der Waals surface area (Å²) in [6.45, 7) is 4.47. The van der Waals surface area contributed by atoms with E-state index in [4.69, 9.17) is 9.47 Å². The van der Waals surface area contributed by atoms with E-state index in [1.165, 1.54) is 13.8 Å². The molecule has 2 fully saturated rings. The molecule has 0 bridgehead atoms. The molecular weight excluding hydrogens is 518 g/mol. The second kappa shape index (κ2) is 11.1. The Morgan fingerprint density at radius 1 is 1.03 bits per heavy atom. The molecule has 0 heterocycles. The van der Waals surface area contributed by atoms with E-state index in [9.17, 15) is 41.0 Å². The summed E-state index contributed by atoms with van der Waals surface area (Å²) in [6.07, 6.45) is -5.06. The summed E-state index contributed by atoms with van der Waals surface area (Å²) in [4.78, 5) is 22.9. The number of fused-ring (bicyclic) bond motifs is 1. The summed E-state index contributed by atoms with van der Waals surface area (Å²) < 4.78 is 89.8. The maximum atomic E-state index is 13.2. The van der Waals surface area contributed by atoms with E-state index in [1.54, 1.807) is 6.08 Å². The third-order valence-electron chi connectivity index (χ3n) is 8.11. The summed E-state index contributed by atoms with van der Waals surface area (Å²) in [5, 5.41) is 9.60. The molecule has 3 aliphatic carbocycles. The van der Waals surface area contributed by atoms with Gasteiger partial charge in [-0.2, -0.15) is 26.3 Å². The minimum atomic E-state index is -5.83. The number of esters is 2. The van der Waals surface area contributed by atoms with Crippen LogP contribution in [0.1, 0.15) is 78.6 Å². The minimum Gasteiger partial charge on any atom is -0.462 e. The average Bonchev–Trinajstić information content (AvgIpc) is 3.10. The van der Waals surface area contributed by atoms with Gasteiger partial charge in [-0.25, -0.2) is 0 Å². The molecule has 2 saturated carbocycles. The number of rotatable bonds is 6. The molecule has 1 N–H and O–H groups in total. The fourth-order valence-electron chi connectivity index (χ4n) is 6.19. The second-order valence-corrected chi connectivity index (χ2v) is 10.8. The lowest BCUT2D eigenvalue weighted by atomic mass is 9.63. The van der Waals surface area contributed by atoms with Crippen molar-refractivity contribution in [1.82, 2.24) is 0 Å². The van der Waals surface area contributed by atoms with Gasteiger partial charge in [-0.1, -0.05) is 41.9 Å². The van der Waals surface area contributed by atoms with Gasteiger partial charge in [0.05, 0.1) is 0 Å². The van der Waals surface area contributed by atoms with Gasteiger partial charge in [0.1, 0.15) is 12.2 Å². The number of allylic oxidation sites excluding steroid dienone is 5. The molecule has 0 saturated heterocycles. The molecule has 0 radical (unpaired) electrons. The van der Waals surface area contributed by atoms with Crippen LogP contribution in [-0.4, -0.2) is 47.2 Å². The van der Waals surface area contributed by atoms with Crippen molar-refractivity contribution in [2.24, 2.45) is 11.3 Å². The lowest BCUT2D eigenvalue weighted by Crippen LogP contribution is -2.56. The van der Waals surface area contributed by atoms with Gasteiger partial charge in [0.15, 0.2) is 0 Å². The highest BCUT2D eigenvalue weighted by Crippen LogP contribution is 2.57. The zero-order valence-corrected chi connectivity index (χ0v) is 21.7. The first kappa shape index (κ1) is 30.2. The number of ether oxygens (including phenoxy) is 2. The summed E-state index contributed by atoms with van der Waals surface area (Å²) >= 11 is 0. The van der Waals surface area contributed by atoms with Crippen LogP contribution in [0.2, 0.25) is 0 Å². The molecule has 214 valence electrons. The molecule has 38 heavy (non-hydrogen) atoms. The van der Waals surface area contributed by atoms with Crippen molar-refractivity contribution in [3.8, 4) is 0 Å². The predicted octanol–water partition coefficient (Wildman–Crippen LogP) is 6.66. The molecular formula is C27H34F6O5. The van der Waals surface area contributed by atoms with Crippen LogP contribution in [0, 0.1) is 11.3 Å². The number of alkyl halides is 6. The molecule has 4 atom stereocenters. The topological polar surface area (TPSA) is 72.8 Å². The van der Waals surface area contributed by atoms with Crippen molar-refractivity contribution < 1.29 is 50.5 Å². The van der Waals surface area contributed by atoms with Gasteiger partial charge in [-0.05, 0) is 49.9 Å². The van der Waals surface area contributed by atoms with E-state index in [-0.39, 0.29) is 5.92 Å².